The molecule has 0 aromatic carbocycles. The largest absolute Gasteiger partial charge is 0.461 e. The van der Waals surface area contributed by atoms with Gasteiger partial charge in [-0.3, -0.25) is 4.79 Å². The van der Waals surface area contributed by atoms with E-state index in [0.29, 0.717) is 18.9 Å². The Bertz CT molecular complexity index is 124. The molecule has 0 aromatic heterocycles. The third-order valence-corrected chi connectivity index (χ3v) is 1.64. The first-order chi connectivity index (χ1) is 4.24. The zero-order valence-corrected chi connectivity index (χ0v) is 5.46. The van der Waals surface area contributed by atoms with E-state index in [2.05, 4.69) is 0 Å². The third-order valence-electron chi connectivity index (χ3n) is 1.64. The summed E-state index contributed by atoms with van der Waals surface area (Å²) in [4.78, 5) is 10.5. The Balaban J connectivity index is 2.47. The summed E-state index contributed by atoms with van der Waals surface area (Å²) >= 11 is 0. The summed E-state index contributed by atoms with van der Waals surface area (Å²) < 4.78 is 4.86. The standard InChI is InChI=1S/C6H11NO2/c1-4-2-6(8)9-5(4)3-7/h4-5H,2-3,7H2,1H3. The van der Waals surface area contributed by atoms with Crippen LogP contribution in [0.3, 0.4) is 0 Å². The Morgan fingerprint density at radius 2 is 2.56 bits per heavy atom. The number of ether oxygens (including phenoxy) is 1. The van der Waals surface area contributed by atoms with Crippen LogP contribution in [0.1, 0.15) is 13.3 Å². The lowest BCUT2D eigenvalue weighted by atomic mass is 10.0. The molecule has 0 aliphatic carbocycles. The van der Waals surface area contributed by atoms with Crippen LogP contribution in [0.2, 0.25) is 0 Å². The van der Waals surface area contributed by atoms with Crippen LogP contribution >= 0.6 is 0 Å². The second-order valence-electron chi connectivity index (χ2n) is 2.45. The number of nitrogens with two attached hydrogens (primary N) is 1. The van der Waals surface area contributed by atoms with Crippen molar-refractivity contribution in [3.05, 3.63) is 0 Å². The molecule has 0 bridgehead atoms. The molecule has 1 aliphatic heterocycles. The second kappa shape index (κ2) is 2.35. The van der Waals surface area contributed by atoms with Crippen molar-refractivity contribution >= 4 is 5.97 Å². The first-order valence-corrected chi connectivity index (χ1v) is 3.13. The van der Waals surface area contributed by atoms with Crippen molar-refractivity contribution in [2.75, 3.05) is 6.54 Å². The molecule has 3 nitrogen and oxygen atoms in total. The van der Waals surface area contributed by atoms with Gasteiger partial charge in [0.25, 0.3) is 0 Å². The van der Waals surface area contributed by atoms with Gasteiger partial charge in [0.2, 0.25) is 0 Å². The Morgan fingerprint density at radius 1 is 1.89 bits per heavy atom. The number of rotatable bonds is 1. The van der Waals surface area contributed by atoms with Crippen molar-refractivity contribution in [1.82, 2.24) is 0 Å². The molecule has 1 fully saturated rings. The van der Waals surface area contributed by atoms with Gasteiger partial charge in [-0.1, -0.05) is 6.92 Å². The molecule has 0 aromatic rings. The number of cyclic esters (lactones) is 1. The molecule has 1 saturated heterocycles. The Labute approximate surface area is 54.2 Å². The SMILES string of the molecule is CC1CC(=O)OC1CN. The van der Waals surface area contributed by atoms with Crippen molar-refractivity contribution in [3.8, 4) is 0 Å². The van der Waals surface area contributed by atoms with Crippen molar-refractivity contribution in [1.29, 1.82) is 0 Å². The molecule has 1 rings (SSSR count). The molecule has 1 heterocycles. The molecule has 2 unspecified atom stereocenters. The molecule has 0 amide bonds. The van der Waals surface area contributed by atoms with E-state index in [1.807, 2.05) is 6.92 Å². The normalized spacial score (nSPS) is 34.7. The maximum Gasteiger partial charge on any atom is 0.306 e. The summed E-state index contributed by atoms with van der Waals surface area (Å²) in [5.41, 5.74) is 5.31. The zero-order valence-electron chi connectivity index (χ0n) is 5.46. The van der Waals surface area contributed by atoms with Crippen LogP contribution in [-0.4, -0.2) is 18.6 Å². The van der Waals surface area contributed by atoms with Crippen molar-refractivity contribution in [2.45, 2.75) is 19.4 Å². The molecule has 52 valence electrons. The van der Waals surface area contributed by atoms with Crippen LogP contribution in [0.5, 0.6) is 0 Å². The summed E-state index contributed by atoms with van der Waals surface area (Å²) in [6.07, 6.45) is 0.500. The van der Waals surface area contributed by atoms with Crippen molar-refractivity contribution in [2.24, 2.45) is 11.7 Å². The Kier molecular flexibility index (Phi) is 1.71. The highest BCUT2D eigenvalue weighted by Gasteiger charge is 2.29. The van der Waals surface area contributed by atoms with E-state index in [0.717, 1.165) is 0 Å². The molecule has 9 heavy (non-hydrogen) atoms. The number of hydrogen-bond donors (Lipinski definition) is 1. The van der Waals surface area contributed by atoms with E-state index >= 15 is 0 Å². The van der Waals surface area contributed by atoms with Gasteiger partial charge in [0.15, 0.2) is 0 Å². The summed E-state index contributed by atoms with van der Waals surface area (Å²) in [5, 5.41) is 0. The topological polar surface area (TPSA) is 52.3 Å². The fraction of sp³-hybridized carbons (Fsp3) is 0.833. The predicted molar refractivity (Wildman–Crippen MR) is 32.7 cm³/mol. The Morgan fingerprint density at radius 3 is 2.78 bits per heavy atom. The van der Waals surface area contributed by atoms with Gasteiger partial charge in [0, 0.05) is 12.5 Å². The monoisotopic (exact) mass is 129 g/mol. The minimum atomic E-state index is -0.113. The van der Waals surface area contributed by atoms with E-state index < -0.39 is 0 Å². The lowest BCUT2D eigenvalue weighted by molar-refractivity contribution is -0.141. The molecule has 0 radical (unpaired) electrons. The van der Waals surface area contributed by atoms with E-state index in [1.165, 1.54) is 0 Å². The zero-order chi connectivity index (χ0) is 6.85. The van der Waals surface area contributed by atoms with Gasteiger partial charge >= 0.3 is 5.97 Å². The lowest BCUT2D eigenvalue weighted by Crippen LogP contribution is -2.24. The molecule has 2 atom stereocenters. The van der Waals surface area contributed by atoms with Crippen LogP contribution < -0.4 is 5.73 Å². The number of carbonyl (C=O) groups is 1. The maximum atomic E-state index is 10.5. The third kappa shape index (κ3) is 1.21. The molecule has 1 aliphatic rings. The highest BCUT2D eigenvalue weighted by Crippen LogP contribution is 2.19. The van der Waals surface area contributed by atoms with Gasteiger partial charge < -0.3 is 10.5 Å². The molecule has 0 saturated carbocycles. The van der Waals surface area contributed by atoms with Crippen LogP contribution in [0, 0.1) is 5.92 Å². The minimum Gasteiger partial charge on any atom is -0.461 e. The highest BCUT2D eigenvalue weighted by molar-refractivity contribution is 5.72. The summed E-state index contributed by atoms with van der Waals surface area (Å²) in [6, 6.07) is 0. The van der Waals surface area contributed by atoms with Gasteiger partial charge in [0.1, 0.15) is 6.10 Å². The first-order valence-electron chi connectivity index (χ1n) is 3.13. The molecule has 0 spiro atoms. The summed E-state index contributed by atoms with van der Waals surface area (Å²) in [7, 11) is 0. The fourth-order valence-corrected chi connectivity index (χ4v) is 1.01. The minimum absolute atomic E-state index is 0.0301. The molecule has 2 N–H and O–H groups in total. The smallest absolute Gasteiger partial charge is 0.306 e. The van der Waals surface area contributed by atoms with Gasteiger partial charge in [-0.25, -0.2) is 0 Å². The average Bonchev–Trinajstić information content (AvgIpc) is 2.10. The van der Waals surface area contributed by atoms with Crippen LogP contribution in [0.4, 0.5) is 0 Å². The predicted octanol–water partition coefficient (Wildman–Crippen LogP) is -0.103. The van der Waals surface area contributed by atoms with E-state index in [4.69, 9.17) is 10.5 Å². The van der Waals surface area contributed by atoms with Crippen LogP contribution in [-0.2, 0) is 9.53 Å². The molecular formula is C6H11NO2. The number of hydrogen-bond acceptors (Lipinski definition) is 3. The fourth-order valence-electron chi connectivity index (χ4n) is 1.01. The maximum absolute atomic E-state index is 10.5. The van der Waals surface area contributed by atoms with Gasteiger partial charge in [-0.15, -0.1) is 0 Å². The molecule has 3 heteroatoms. The van der Waals surface area contributed by atoms with Crippen LogP contribution in [0.25, 0.3) is 0 Å². The van der Waals surface area contributed by atoms with E-state index in [9.17, 15) is 4.79 Å². The van der Waals surface area contributed by atoms with Crippen LogP contribution in [0.15, 0.2) is 0 Å². The van der Waals surface area contributed by atoms with Gasteiger partial charge in [-0.05, 0) is 0 Å². The summed E-state index contributed by atoms with van der Waals surface area (Å²) in [6.45, 7) is 2.43. The Hall–Kier alpha value is -0.570. The lowest BCUT2D eigenvalue weighted by Gasteiger charge is -2.08. The van der Waals surface area contributed by atoms with Gasteiger partial charge in [0.05, 0.1) is 6.42 Å². The average molecular weight is 129 g/mol. The van der Waals surface area contributed by atoms with Crippen molar-refractivity contribution < 1.29 is 9.53 Å². The molecular weight excluding hydrogens is 118 g/mol. The van der Waals surface area contributed by atoms with Gasteiger partial charge in [-0.2, -0.15) is 0 Å². The van der Waals surface area contributed by atoms with E-state index in [1.54, 1.807) is 0 Å². The van der Waals surface area contributed by atoms with Crippen molar-refractivity contribution in [3.63, 3.8) is 0 Å². The first kappa shape index (κ1) is 6.55. The second-order valence-corrected chi connectivity index (χ2v) is 2.45. The quantitative estimate of drug-likeness (QED) is 0.503. The number of esters is 1. The number of carbonyl (C=O) groups excluding carboxylic acids is 1. The highest BCUT2D eigenvalue weighted by atomic mass is 16.5. The summed E-state index contributed by atoms with van der Waals surface area (Å²) in [5.74, 6) is 0.195. The van der Waals surface area contributed by atoms with E-state index in [-0.39, 0.29) is 12.1 Å².